The van der Waals surface area contributed by atoms with E-state index >= 15 is 0 Å². The van der Waals surface area contributed by atoms with E-state index in [2.05, 4.69) is 37.3 Å². The highest BCUT2D eigenvalue weighted by Gasteiger charge is 2.03. The highest BCUT2D eigenvalue weighted by Crippen LogP contribution is 2.16. The second-order valence-electron chi connectivity index (χ2n) is 5.35. The van der Waals surface area contributed by atoms with E-state index in [-0.39, 0.29) is 12.4 Å². The molecule has 1 atom stereocenters. The second-order valence-corrected chi connectivity index (χ2v) is 5.35. The van der Waals surface area contributed by atoms with Crippen molar-refractivity contribution in [2.45, 2.75) is 32.6 Å². The first-order valence-electron chi connectivity index (χ1n) is 7.06. The van der Waals surface area contributed by atoms with Gasteiger partial charge in [-0.05, 0) is 48.4 Å². The Kier molecular flexibility index (Phi) is 7.17. The number of halogens is 1. The van der Waals surface area contributed by atoms with E-state index < -0.39 is 0 Å². The topological polar surface area (TPSA) is 20.2 Å². The predicted octanol–water partition coefficient (Wildman–Crippen LogP) is 5.02. The van der Waals surface area contributed by atoms with Gasteiger partial charge in [-0.3, -0.25) is 0 Å². The summed E-state index contributed by atoms with van der Waals surface area (Å²) in [6.07, 6.45) is 4.71. The fraction of sp³-hybridized carbons (Fsp3) is 0.333. The molecule has 2 aromatic rings. The van der Waals surface area contributed by atoms with Crippen molar-refractivity contribution in [2.24, 2.45) is 5.92 Å². The maximum absolute atomic E-state index is 9.23. The quantitative estimate of drug-likeness (QED) is 0.792. The lowest BCUT2D eigenvalue weighted by molar-refractivity contribution is 0.474. The van der Waals surface area contributed by atoms with E-state index in [9.17, 15) is 5.11 Å². The Bertz CT molecular complexity index is 479. The fourth-order valence-electron chi connectivity index (χ4n) is 2.44. The lowest BCUT2D eigenvalue weighted by Crippen LogP contribution is -2.00. The maximum Gasteiger partial charge on any atom is 0.115 e. The highest BCUT2D eigenvalue weighted by atomic mass is 35.5. The minimum Gasteiger partial charge on any atom is -0.508 e. The number of aryl methyl sites for hydroxylation is 1. The van der Waals surface area contributed by atoms with Crippen molar-refractivity contribution in [1.29, 1.82) is 0 Å². The van der Waals surface area contributed by atoms with E-state index in [1.807, 2.05) is 12.1 Å². The molecule has 0 aliphatic heterocycles. The van der Waals surface area contributed by atoms with Crippen LogP contribution in [0.15, 0.2) is 54.6 Å². The number of rotatable bonds is 6. The van der Waals surface area contributed by atoms with Gasteiger partial charge in [0, 0.05) is 0 Å². The van der Waals surface area contributed by atoms with Gasteiger partial charge in [0.2, 0.25) is 0 Å². The molecule has 0 saturated heterocycles. The molecule has 0 saturated carbocycles. The molecule has 0 amide bonds. The first-order chi connectivity index (χ1) is 9.24. The fourth-order valence-corrected chi connectivity index (χ4v) is 2.44. The summed E-state index contributed by atoms with van der Waals surface area (Å²) >= 11 is 0. The van der Waals surface area contributed by atoms with Crippen molar-refractivity contribution >= 4 is 12.4 Å². The lowest BCUT2D eigenvalue weighted by atomic mass is 9.95. The molecule has 0 radical (unpaired) electrons. The molecule has 0 spiro atoms. The van der Waals surface area contributed by atoms with E-state index in [0.29, 0.717) is 5.75 Å². The van der Waals surface area contributed by atoms with Crippen molar-refractivity contribution < 1.29 is 5.11 Å². The van der Waals surface area contributed by atoms with E-state index in [0.717, 1.165) is 18.8 Å². The molecule has 1 nitrogen and oxygen atoms in total. The summed E-state index contributed by atoms with van der Waals surface area (Å²) in [4.78, 5) is 0. The Labute approximate surface area is 128 Å². The summed E-state index contributed by atoms with van der Waals surface area (Å²) in [6.45, 7) is 2.32. The van der Waals surface area contributed by atoms with Crippen LogP contribution in [-0.4, -0.2) is 5.11 Å². The van der Waals surface area contributed by atoms with Gasteiger partial charge in [-0.1, -0.05) is 55.8 Å². The predicted molar refractivity (Wildman–Crippen MR) is 87.6 cm³/mol. The summed E-state index contributed by atoms with van der Waals surface area (Å²) in [5, 5.41) is 9.23. The van der Waals surface area contributed by atoms with Crippen molar-refractivity contribution in [1.82, 2.24) is 0 Å². The summed E-state index contributed by atoms with van der Waals surface area (Å²) in [7, 11) is 0. The van der Waals surface area contributed by atoms with Crippen LogP contribution >= 0.6 is 12.4 Å². The van der Waals surface area contributed by atoms with Crippen LogP contribution in [-0.2, 0) is 12.8 Å². The normalized spacial score (nSPS) is 11.7. The van der Waals surface area contributed by atoms with Crippen LogP contribution in [0.1, 0.15) is 30.9 Å². The molecule has 0 fully saturated rings. The first kappa shape index (κ1) is 16.6. The summed E-state index contributed by atoms with van der Waals surface area (Å²) in [5.74, 6) is 1.07. The monoisotopic (exact) mass is 290 g/mol. The molecule has 2 aromatic carbocycles. The van der Waals surface area contributed by atoms with Gasteiger partial charge in [-0.2, -0.15) is 0 Å². The molecule has 0 bridgehead atoms. The lowest BCUT2D eigenvalue weighted by Gasteiger charge is -2.11. The van der Waals surface area contributed by atoms with E-state index in [4.69, 9.17) is 0 Å². The van der Waals surface area contributed by atoms with Gasteiger partial charge in [0.15, 0.2) is 0 Å². The smallest absolute Gasteiger partial charge is 0.115 e. The van der Waals surface area contributed by atoms with Crippen molar-refractivity contribution in [3.8, 4) is 5.75 Å². The largest absolute Gasteiger partial charge is 0.508 e. The van der Waals surface area contributed by atoms with Crippen LogP contribution in [0.2, 0.25) is 0 Å². The Hall–Kier alpha value is -1.47. The Balaban J connectivity index is 0.00000200. The van der Waals surface area contributed by atoms with Gasteiger partial charge in [0.1, 0.15) is 5.75 Å². The third kappa shape index (κ3) is 5.66. The number of hydrogen-bond donors (Lipinski definition) is 1. The van der Waals surface area contributed by atoms with Crippen molar-refractivity contribution in [2.75, 3.05) is 0 Å². The van der Waals surface area contributed by atoms with Crippen LogP contribution in [0.25, 0.3) is 0 Å². The van der Waals surface area contributed by atoms with Gasteiger partial charge in [-0.25, -0.2) is 0 Å². The van der Waals surface area contributed by atoms with Crippen LogP contribution in [0.4, 0.5) is 0 Å². The zero-order chi connectivity index (χ0) is 13.5. The molecule has 0 aromatic heterocycles. The summed E-state index contributed by atoms with van der Waals surface area (Å²) in [5.41, 5.74) is 2.74. The molecular weight excluding hydrogens is 268 g/mol. The minimum absolute atomic E-state index is 0. The van der Waals surface area contributed by atoms with Crippen molar-refractivity contribution in [3.05, 3.63) is 65.7 Å². The molecule has 0 aliphatic carbocycles. The van der Waals surface area contributed by atoms with Crippen LogP contribution < -0.4 is 0 Å². The molecule has 0 aliphatic rings. The molecule has 2 heteroatoms. The second kappa shape index (κ2) is 8.65. The number of phenols is 1. The van der Waals surface area contributed by atoms with E-state index in [1.54, 1.807) is 12.1 Å². The molecule has 1 N–H and O–H groups in total. The minimum atomic E-state index is 0. The molecule has 108 valence electrons. The maximum atomic E-state index is 9.23. The number of phenolic OH excluding ortho intramolecular Hbond substituents is 1. The van der Waals surface area contributed by atoms with Gasteiger partial charge in [0.05, 0.1) is 0 Å². The molecular formula is C18H23ClO. The zero-order valence-electron chi connectivity index (χ0n) is 12.0. The molecule has 2 rings (SSSR count). The zero-order valence-corrected chi connectivity index (χ0v) is 12.8. The third-order valence-corrected chi connectivity index (χ3v) is 3.53. The van der Waals surface area contributed by atoms with Crippen LogP contribution in [0, 0.1) is 5.92 Å². The average molecular weight is 291 g/mol. The first-order valence-corrected chi connectivity index (χ1v) is 7.06. The Morgan fingerprint density at radius 3 is 2.20 bits per heavy atom. The number of benzene rings is 2. The van der Waals surface area contributed by atoms with Gasteiger partial charge >= 0.3 is 0 Å². The Morgan fingerprint density at radius 2 is 1.55 bits per heavy atom. The average Bonchev–Trinajstić information content (AvgIpc) is 2.42. The molecule has 1 unspecified atom stereocenters. The van der Waals surface area contributed by atoms with E-state index in [1.165, 1.54) is 24.0 Å². The third-order valence-electron chi connectivity index (χ3n) is 3.53. The number of hydrogen-bond acceptors (Lipinski definition) is 1. The standard InChI is InChI=1S/C18H22O.ClH/c1-15(14-17-7-3-2-4-8-17)6-5-9-16-10-12-18(19)13-11-16;/h2-4,7-8,10-13,15,19H,5-6,9,14H2,1H3;1H. The molecule has 0 heterocycles. The van der Waals surface area contributed by atoms with Crippen LogP contribution in [0.5, 0.6) is 5.75 Å². The highest BCUT2D eigenvalue weighted by molar-refractivity contribution is 5.85. The summed E-state index contributed by atoms with van der Waals surface area (Å²) in [6, 6.07) is 18.3. The summed E-state index contributed by atoms with van der Waals surface area (Å²) < 4.78 is 0. The Morgan fingerprint density at radius 1 is 0.900 bits per heavy atom. The van der Waals surface area contributed by atoms with Crippen LogP contribution in [0.3, 0.4) is 0 Å². The molecule has 20 heavy (non-hydrogen) atoms. The van der Waals surface area contributed by atoms with Gasteiger partial charge in [0.25, 0.3) is 0 Å². The van der Waals surface area contributed by atoms with Gasteiger partial charge < -0.3 is 5.11 Å². The SMILES string of the molecule is CC(CCCc1ccc(O)cc1)Cc1ccccc1.Cl. The van der Waals surface area contributed by atoms with Crippen molar-refractivity contribution in [3.63, 3.8) is 0 Å². The number of aromatic hydroxyl groups is 1. The van der Waals surface area contributed by atoms with Gasteiger partial charge in [-0.15, -0.1) is 12.4 Å².